The van der Waals surface area contributed by atoms with Gasteiger partial charge in [-0.1, -0.05) is 17.7 Å². The van der Waals surface area contributed by atoms with Crippen molar-refractivity contribution >= 4 is 33.1 Å². The van der Waals surface area contributed by atoms with E-state index in [9.17, 15) is 21.6 Å². The predicted octanol–water partition coefficient (Wildman–Crippen LogP) is 2.86. The zero-order valence-corrected chi connectivity index (χ0v) is 18.1. The second kappa shape index (κ2) is 8.12. The van der Waals surface area contributed by atoms with E-state index in [0.29, 0.717) is 32.7 Å². The van der Waals surface area contributed by atoms with Gasteiger partial charge in [0.2, 0.25) is 5.95 Å². The number of anilines is 2. The fourth-order valence-electron chi connectivity index (χ4n) is 4.03. The summed E-state index contributed by atoms with van der Waals surface area (Å²) in [5.74, 6) is -4.11. The van der Waals surface area contributed by atoms with E-state index in [1.54, 1.807) is 4.90 Å². The number of pyridine rings is 1. The minimum atomic E-state index is -4.75. The van der Waals surface area contributed by atoms with Crippen molar-refractivity contribution in [3.63, 3.8) is 0 Å². The molecular formula is C19H20ClF3N4O3S. The van der Waals surface area contributed by atoms with E-state index in [1.165, 1.54) is 6.07 Å². The van der Waals surface area contributed by atoms with Gasteiger partial charge in [0.1, 0.15) is 16.7 Å². The molecule has 1 aromatic carbocycles. The van der Waals surface area contributed by atoms with Crippen LogP contribution in [-0.2, 0) is 14.8 Å². The highest BCUT2D eigenvalue weighted by Crippen LogP contribution is 2.39. The van der Waals surface area contributed by atoms with Crippen molar-refractivity contribution in [2.45, 2.75) is 16.9 Å². The molecule has 0 aliphatic carbocycles. The van der Waals surface area contributed by atoms with Gasteiger partial charge in [-0.25, -0.2) is 22.2 Å². The molecule has 7 nitrogen and oxygen atoms in total. The average molecular weight is 477 g/mol. The van der Waals surface area contributed by atoms with E-state index in [2.05, 4.69) is 9.88 Å². The fourth-order valence-corrected chi connectivity index (χ4v) is 5.50. The maximum absolute atomic E-state index is 15.0. The number of likely N-dealkylation sites (N-methyl/N-ethyl adjacent to an activating group) is 1. The Bertz CT molecular complexity index is 1120. The molecule has 31 heavy (non-hydrogen) atoms. The second-order valence-corrected chi connectivity index (χ2v) is 9.72. The Morgan fingerprint density at radius 1 is 1.23 bits per heavy atom. The molecule has 2 aliphatic rings. The number of hydrogen-bond acceptors (Lipinski definition) is 6. The van der Waals surface area contributed by atoms with Gasteiger partial charge in [0.05, 0.1) is 17.9 Å². The number of halogens is 4. The summed E-state index contributed by atoms with van der Waals surface area (Å²) in [5, 5.41) is -0.518. The Labute approximate surface area is 182 Å². The van der Waals surface area contributed by atoms with Crippen LogP contribution in [0, 0.1) is 17.6 Å². The highest BCUT2D eigenvalue weighted by Gasteiger charge is 2.43. The summed E-state index contributed by atoms with van der Waals surface area (Å²) in [4.78, 5) is 5.89. The summed E-state index contributed by atoms with van der Waals surface area (Å²) in [5.41, 5.74) is -0.424. The highest BCUT2D eigenvalue weighted by atomic mass is 35.5. The van der Waals surface area contributed by atoms with E-state index >= 15 is 0 Å². The molecule has 1 spiro atoms. The Morgan fingerprint density at radius 3 is 2.71 bits per heavy atom. The number of hydrogen-bond donors (Lipinski definition) is 1. The van der Waals surface area contributed by atoms with Crippen LogP contribution < -0.4 is 9.62 Å². The molecule has 1 N–H and O–H groups in total. The number of sulfonamides is 1. The molecule has 1 aromatic heterocycles. The minimum absolute atomic E-state index is 0.0493. The van der Waals surface area contributed by atoms with Crippen molar-refractivity contribution in [3.05, 3.63) is 46.9 Å². The summed E-state index contributed by atoms with van der Waals surface area (Å²) < 4.78 is 76.0. The summed E-state index contributed by atoms with van der Waals surface area (Å²) in [7, 11) is -2.78. The standard InChI is InChI=1S/C19H20ClF3N4O3S/c1-26-7-8-30-19(10-26)5-6-27(11-19)13-9-12(21)18(17(23)16(13)20)31(28,29)25-15-4-2-3-14(22)24-15/h2-4,9H,5-8,10-11H2,1H3,(H,24,25). The zero-order chi connectivity index (χ0) is 22.4. The molecule has 0 amide bonds. The summed E-state index contributed by atoms with van der Waals surface area (Å²) in [6.45, 7) is 2.84. The lowest BCUT2D eigenvalue weighted by molar-refractivity contribution is -0.0885. The van der Waals surface area contributed by atoms with Crippen LogP contribution in [0.15, 0.2) is 29.2 Å². The molecule has 2 aliphatic heterocycles. The van der Waals surface area contributed by atoms with Gasteiger partial charge < -0.3 is 14.5 Å². The maximum Gasteiger partial charge on any atom is 0.268 e. The van der Waals surface area contributed by atoms with Crippen LogP contribution in [0.1, 0.15) is 6.42 Å². The smallest absolute Gasteiger partial charge is 0.268 e. The van der Waals surface area contributed by atoms with Gasteiger partial charge in [-0.05, 0) is 25.6 Å². The predicted molar refractivity (Wildman–Crippen MR) is 109 cm³/mol. The second-order valence-electron chi connectivity index (χ2n) is 7.73. The number of nitrogens with one attached hydrogen (secondary N) is 1. The van der Waals surface area contributed by atoms with Gasteiger partial charge in [-0.2, -0.15) is 4.39 Å². The Balaban J connectivity index is 1.64. The van der Waals surface area contributed by atoms with Gasteiger partial charge in [-0.15, -0.1) is 0 Å². The molecule has 0 bridgehead atoms. The van der Waals surface area contributed by atoms with Crippen molar-refractivity contribution < 1.29 is 26.3 Å². The van der Waals surface area contributed by atoms with Crippen LogP contribution in [0.3, 0.4) is 0 Å². The third-order valence-corrected chi connectivity index (χ3v) is 7.17. The molecule has 2 aromatic rings. The topological polar surface area (TPSA) is 74.8 Å². The number of aromatic nitrogens is 1. The summed E-state index contributed by atoms with van der Waals surface area (Å²) in [6.07, 6.45) is 0.643. The number of benzene rings is 1. The molecule has 2 saturated heterocycles. The lowest BCUT2D eigenvalue weighted by atomic mass is 10.0. The number of ether oxygens (including phenoxy) is 1. The van der Waals surface area contributed by atoms with Gasteiger partial charge in [-0.3, -0.25) is 4.72 Å². The molecule has 2 fully saturated rings. The molecular weight excluding hydrogens is 457 g/mol. The normalized spacial score (nSPS) is 22.3. The summed E-state index contributed by atoms with van der Waals surface area (Å²) >= 11 is 6.14. The number of morpholine rings is 1. The van der Waals surface area contributed by atoms with Gasteiger partial charge in [0, 0.05) is 32.2 Å². The van der Waals surface area contributed by atoms with E-state index < -0.39 is 48.9 Å². The molecule has 0 saturated carbocycles. The number of nitrogens with zero attached hydrogens (tertiary/aromatic N) is 3. The highest BCUT2D eigenvalue weighted by molar-refractivity contribution is 7.92. The Kier molecular flexibility index (Phi) is 5.80. The first kappa shape index (κ1) is 22.1. The van der Waals surface area contributed by atoms with Crippen molar-refractivity contribution in [1.82, 2.24) is 9.88 Å². The first-order valence-electron chi connectivity index (χ1n) is 9.51. The van der Waals surface area contributed by atoms with Crippen molar-refractivity contribution in [1.29, 1.82) is 0 Å². The quantitative estimate of drug-likeness (QED) is 0.540. The van der Waals surface area contributed by atoms with Gasteiger partial charge >= 0.3 is 0 Å². The molecule has 168 valence electrons. The lowest BCUT2D eigenvalue weighted by Gasteiger charge is -2.38. The van der Waals surface area contributed by atoms with Gasteiger partial charge in [0.15, 0.2) is 10.7 Å². The largest absolute Gasteiger partial charge is 0.370 e. The Hall–Kier alpha value is -2.08. The minimum Gasteiger partial charge on any atom is -0.370 e. The summed E-state index contributed by atoms with van der Waals surface area (Å²) in [6, 6.07) is 4.25. The van der Waals surface area contributed by atoms with Crippen LogP contribution in [0.25, 0.3) is 0 Å². The van der Waals surface area contributed by atoms with Crippen LogP contribution in [0.2, 0.25) is 5.02 Å². The van der Waals surface area contributed by atoms with Crippen molar-refractivity contribution in [3.8, 4) is 0 Å². The first-order chi connectivity index (χ1) is 14.6. The van der Waals surface area contributed by atoms with E-state index in [-0.39, 0.29) is 5.69 Å². The van der Waals surface area contributed by atoms with Crippen LogP contribution in [0.4, 0.5) is 24.7 Å². The third kappa shape index (κ3) is 4.32. The molecule has 4 rings (SSSR count). The molecule has 1 unspecified atom stereocenters. The van der Waals surface area contributed by atoms with Crippen molar-refractivity contribution in [2.24, 2.45) is 0 Å². The first-order valence-corrected chi connectivity index (χ1v) is 11.4. The van der Waals surface area contributed by atoms with Gasteiger partial charge in [0.25, 0.3) is 10.0 Å². The van der Waals surface area contributed by atoms with E-state index in [0.717, 1.165) is 24.7 Å². The fraction of sp³-hybridized carbons (Fsp3) is 0.421. The Morgan fingerprint density at radius 2 is 2.00 bits per heavy atom. The zero-order valence-electron chi connectivity index (χ0n) is 16.5. The SMILES string of the molecule is CN1CCOC2(CCN(c3cc(F)c(S(=O)(=O)Nc4cccc(F)n4)c(F)c3Cl)C2)C1. The molecule has 1 atom stereocenters. The van der Waals surface area contributed by atoms with Crippen LogP contribution in [0.5, 0.6) is 0 Å². The average Bonchev–Trinajstić information content (AvgIpc) is 3.06. The van der Waals surface area contributed by atoms with Crippen molar-refractivity contribution in [2.75, 3.05) is 49.5 Å². The maximum atomic E-state index is 15.0. The van der Waals surface area contributed by atoms with Crippen LogP contribution >= 0.6 is 11.6 Å². The lowest BCUT2D eigenvalue weighted by Crippen LogP contribution is -2.51. The molecule has 3 heterocycles. The molecule has 12 heteroatoms. The number of rotatable bonds is 4. The van der Waals surface area contributed by atoms with E-state index in [1.807, 2.05) is 11.8 Å². The van der Waals surface area contributed by atoms with Crippen LogP contribution in [-0.4, -0.2) is 63.7 Å². The van der Waals surface area contributed by atoms with E-state index in [4.69, 9.17) is 16.3 Å². The third-order valence-electron chi connectivity index (χ3n) is 5.42. The monoisotopic (exact) mass is 476 g/mol. The molecule has 0 radical (unpaired) electrons.